The Labute approximate surface area is 84.2 Å². The van der Waals surface area contributed by atoms with Crippen LogP contribution in [0.5, 0.6) is 5.75 Å². The lowest BCUT2D eigenvalue weighted by atomic mass is 9.96. The van der Waals surface area contributed by atoms with E-state index in [1.165, 1.54) is 18.4 Å². The van der Waals surface area contributed by atoms with Crippen LogP contribution in [0.4, 0.5) is 0 Å². The quantitative estimate of drug-likeness (QED) is 0.765. The summed E-state index contributed by atoms with van der Waals surface area (Å²) >= 11 is 0. The van der Waals surface area contributed by atoms with Gasteiger partial charge in [0.2, 0.25) is 0 Å². The van der Waals surface area contributed by atoms with E-state index in [1.807, 2.05) is 12.1 Å². The number of benzene rings is 1. The van der Waals surface area contributed by atoms with Crippen LogP contribution in [-0.2, 0) is 6.42 Å². The fourth-order valence-electron chi connectivity index (χ4n) is 1.88. The molecule has 2 N–H and O–H groups in total. The lowest BCUT2D eigenvalue weighted by Crippen LogP contribution is -2.11. The van der Waals surface area contributed by atoms with Gasteiger partial charge in [0.1, 0.15) is 5.75 Å². The Balaban J connectivity index is 1.98. The molecule has 2 heteroatoms. The molecular formula is C12H16O2. The van der Waals surface area contributed by atoms with Gasteiger partial charge in [-0.15, -0.1) is 0 Å². The second-order valence-electron chi connectivity index (χ2n) is 4.15. The molecular weight excluding hydrogens is 176 g/mol. The summed E-state index contributed by atoms with van der Waals surface area (Å²) in [6.45, 7) is 0.283. The number of phenols is 1. The Morgan fingerprint density at radius 2 is 1.86 bits per heavy atom. The van der Waals surface area contributed by atoms with Gasteiger partial charge in [0, 0.05) is 6.61 Å². The lowest BCUT2D eigenvalue weighted by molar-refractivity contribution is 0.209. The average molecular weight is 192 g/mol. The monoisotopic (exact) mass is 192 g/mol. The number of hydrogen-bond acceptors (Lipinski definition) is 2. The molecule has 1 saturated carbocycles. The summed E-state index contributed by atoms with van der Waals surface area (Å²) in [5, 5.41) is 18.3. The normalized spacial score (nSPS) is 18.1. The second kappa shape index (κ2) is 4.01. The molecule has 1 atom stereocenters. The van der Waals surface area contributed by atoms with Gasteiger partial charge in [-0.3, -0.25) is 0 Å². The van der Waals surface area contributed by atoms with E-state index in [2.05, 4.69) is 0 Å². The van der Waals surface area contributed by atoms with E-state index in [-0.39, 0.29) is 6.61 Å². The topological polar surface area (TPSA) is 40.5 Å². The van der Waals surface area contributed by atoms with Crippen molar-refractivity contribution in [1.82, 2.24) is 0 Å². The molecule has 2 nitrogen and oxygen atoms in total. The van der Waals surface area contributed by atoms with Crippen molar-refractivity contribution < 1.29 is 10.2 Å². The van der Waals surface area contributed by atoms with E-state index < -0.39 is 0 Å². The van der Waals surface area contributed by atoms with E-state index in [0.717, 1.165) is 12.3 Å². The SMILES string of the molecule is OCC(Cc1ccc(O)cc1)C1CC1. The minimum absolute atomic E-state index is 0.283. The van der Waals surface area contributed by atoms with Crippen molar-refractivity contribution in [1.29, 1.82) is 0 Å². The summed E-state index contributed by atoms with van der Waals surface area (Å²) in [5.41, 5.74) is 1.20. The van der Waals surface area contributed by atoms with Crippen molar-refractivity contribution >= 4 is 0 Å². The van der Waals surface area contributed by atoms with Gasteiger partial charge in [0.05, 0.1) is 0 Å². The Bertz CT molecular complexity index is 288. The van der Waals surface area contributed by atoms with E-state index in [9.17, 15) is 5.11 Å². The van der Waals surface area contributed by atoms with E-state index in [4.69, 9.17) is 5.11 Å². The lowest BCUT2D eigenvalue weighted by Gasteiger charge is -2.12. The van der Waals surface area contributed by atoms with Gasteiger partial charge < -0.3 is 10.2 Å². The minimum Gasteiger partial charge on any atom is -0.508 e. The molecule has 1 aromatic carbocycles. The second-order valence-corrected chi connectivity index (χ2v) is 4.15. The standard InChI is InChI=1S/C12H16O2/c13-8-11(10-3-4-10)7-9-1-5-12(14)6-2-9/h1-2,5-6,10-11,13-14H,3-4,7-8H2. The van der Waals surface area contributed by atoms with Crippen LogP contribution in [0.3, 0.4) is 0 Å². The van der Waals surface area contributed by atoms with Gasteiger partial charge in [-0.1, -0.05) is 12.1 Å². The number of rotatable bonds is 4. The fraction of sp³-hybridized carbons (Fsp3) is 0.500. The van der Waals surface area contributed by atoms with Crippen LogP contribution in [0, 0.1) is 11.8 Å². The van der Waals surface area contributed by atoms with Gasteiger partial charge >= 0.3 is 0 Å². The van der Waals surface area contributed by atoms with Crippen molar-refractivity contribution in [2.45, 2.75) is 19.3 Å². The molecule has 1 aliphatic rings. The fourth-order valence-corrected chi connectivity index (χ4v) is 1.88. The third-order valence-electron chi connectivity index (χ3n) is 2.96. The maximum atomic E-state index is 9.20. The van der Waals surface area contributed by atoms with E-state index >= 15 is 0 Å². The predicted octanol–water partition coefficient (Wildman–Crippen LogP) is 1.95. The molecule has 1 aromatic rings. The Morgan fingerprint density at radius 1 is 1.21 bits per heavy atom. The van der Waals surface area contributed by atoms with Crippen LogP contribution >= 0.6 is 0 Å². The highest BCUT2D eigenvalue weighted by atomic mass is 16.3. The first kappa shape index (κ1) is 9.53. The van der Waals surface area contributed by atoms with Gasteiger partial charge in [0.15, 0.2) is 0 Å². The molecule has 0 aromatic heterocycles. The molecule has 0 spiro atoms. The number of aliphatic hydroxyl groups excluding tert-OH is 1. The molecule has 0 aliphatic heterocycles. The van der Waals surface area contributed by atoms with Crippen LogP contribution < -0.4 is 0 Å². The van der Waals surface area contributed by atoms with Crippen molar-refractivity contribution in [3.05, 3.63) is 29.8 Å². The zero-order chi connectivity index (χ0) is 9.97. The first-order valence-corrected chi connectivity index (χ1v) is 5.18. The largest absolute Gasteiger partial charge is 0.508 e. The Morgan fingerprint density at radius 3 is 2.36 bits per heavy atom. The molecule has 0 amide bonds. The van der Waals surface area contributed by atoms with Gasteiger partial charge in [-0.2, -0.15) is 0 Å². The maximum Gasteiger partial charge on any atom is 0.115 e. The van der Waals surface area contributed by atoms with Crippen LogP contribution in [0.15, 0.2) is 24.3 Å². The number of hydrogen-bond donors (Lipinski definition) is 2. The van der Waals surface area contributed by atoms with Gasteiger partial charge in [-0.25, -0.2) is 0 Å². The number of phenolic OH excluding ortho intramolecular Hbond substituents is 1. The Kier molecular flexibility index (Phi) is 2.73. The summed E-state index contributed by atoms with van der Waals surface area (Å²) in [5.74, 6) is 1.45. The van der Waals surface area contributed by atoms with E-state index in [1.54, 1.807) is 12.1 Å². The molecule has 0 saturated heterocycles. The molecule has 14 heavy (non-hydrogen) atoms. The molecule has 0 heterocycles. The van der Waals surface area contributed by atoms with Crippen molar-refractivity contribution in [2.24, 2.45) is 11.8 Å². The van der Waals surface area contributed by atoms with Gasteiger partial charge in [0.25, 0.3) is 0 Å². The average Bonchev–Trinajstić information content (AvgIpc) is 3.01. The third-order valence-corrected chi connectivity index (χ3v) is 2.96. The highest BCUT2D eigenvalue weighted by Gasteiger charge is 2.30. The van der Waals surface area contributed by atoms with Crippen molar-refractivity contribution in [3.8, 4) is 5.75 Å². The molecule has 0 bridgehead atoms. The highest BCUT2D eigenvalue weighted by molar-refractivity contribution is 5.26. The molecule has 1 fully saturated rings. The highest BCUT2D eigenvalue weighted by Crippen LogP contribution is 2.38. The van der Waals surface area contributed by atoms with Crippen LogP contribution in [-0.4, -0.2) is 16.8 Å². The van der Waals surface area contributed by atoms with Crippen molar-refractivity contribution in [2.75, 3.05) is 6.61 Å². The molecule has 1 aliphatic carbocycles. The summed E-state index contributed by atoms with van der Waals surface area (Å²) in [6.07, 6.45) is 3.47. The molecule has 76 valence electrons. The molecule has 1 unspecified atom stereocenters. The number of aliphatic hydroxyl groups is 1. The van der Waals surface area contributed by atoms with Crippen molar-refractivity contribution in [3.63, 3.8) is 0 Å². The number of aromatic hydroxyl groups is 1. The smallest absolute Gasteiger partial charge is 0.115 e. The zero-order valence-corrected chi connectivity index (χ0v) is 8.19. The summed E-state index contributed by atoms with van der Waals surface area (Å²) < 4.78 is 0. The predicted molar refractivity (Wildman–Crippen MR) is 55.1 cm³/mol. The minimum atomic E-state index is 0.283. The summed E-state index contributed by atoms with van der Waals surface area (Å²) in [4.78, 5) is 0. The zero-order valence-electron chi connectivity index (χ0n) is 8.19. The van der Waals surface area contributed by atoms with Crippen LogP contribution in [0.25, 0.3) is 0 Å². The first-order valence-electron chi connectivity index (χ1n) is 5.18. The third kappa shape index (κ3) is 2.26. The molecule has 0 radical (unpaired) electrons. The van der Waals surface area contributed by atoms with E-state index in [0.29, 0.717) is 11.7 Å². The Hall–Kier alpha value is -1.02. The first-order chi connectivity index (χ1) is 6.79. The molecule has 2 rings (SSSR count). The maximum absolute atomic E-state index is 9.20. The van der Waals surface area contributed by atoms with Crippen LogP contribution in [0.2, 0.25) is 0 Å². The summed E-state index contributed by atoms with van der Waals surface area (Å²) in [6, 6.07) is 7.27. The van der Waals surface area contributed by atoms with Crippen LogP contribution in [0.1, 0.15) is 18.4 Å². The van der Waals surface area contributed by atoms with Gasteiger partial charge in [-0.05, 0) is 48.8 Å². The summed E-state index contributed by atoms with van der Waals surface area (Å²) in [7, 11) is 0.